The summed E-state index contributed by atoms with van der Waals surface area (Å²) in [5.41, 5.74) is 10.1. The van der Waals surface area contributed by atoms with Crippen LogP contribution in [-0.4, -0.2) is 7.11 Å². The van der Waals surface area contributed by atoms with Crippen LogP contribution in [0.5, 0.6) is 5.75 Å². The third kappa shape index (κ3) is 3.74. The Balaban J connectivity index is 3.11. The molecule has 0 heterocycles. The van der Waals surface area contributed by atoms with Gasteiger partial charge in [0.15, 0.2) is 0 Å². The number of hydrogen-bond acceptors (Lipinski definition) is 2. The van der Waals surface area contributed by atoms with Crippen LogP contribution in [0.3, 0.4) is 0 Å². The van der Waals surface area contributed by atoms with Gasteiger partial charge in [-0.3, -0.25) is 0 Å². The minimum atomic E-state index is 0.0311. The first kappa shape index (κ1) is 14.0. The molecule has 96 valence electrons. The standard InChI is InChI=1S/C15H25NO/c1-10-7-11(2)14(17-6)12(8-10)13(16)9-15(3,4)5/h7-8,13H,9,16H2,1-6H3. The van der Waals surface area contributed by atoms with Crippen LogP contribution in [0.15, 0.2) is 12.1 Å². The number of hydrogen-bond donors (Lipinski definition) is 1. The highest BCUT2D eigenvalue weighted by Crippen LogP contribution is 2.34. The molecule has 1 atom stereocenters. The fraction of sp³-hybridized carbons (Fsp3) is 0.600. The zero-order valence-corrected chi connectivity index (χ0v) is 11.9. The smallest absolute Gasteiger partial charge is 0.126 e. The number of methoxy groups -OCH3 is 1. The van der Waals surface area contributed by atoms with Gasteiger partial charge >= 0.3 is 0 Å². The summed E-state index contributed by atoms with van der Waals surface area (Å²) in [6.07, 6.45) is 0.951. The van der Waals surface area contributed by atoms with Gasteiger partial charge < -0.3 is 10.5 Å². The Kier molecular flexibility index (Phi) is 4.21. The number of benzene rings is 1. The van der Waals surface area contributed by atoms with Crippen molar-refractivity contribution in [2.45, 2.75) is 47.1 Å². The predicted molar refractivity (Wildman–Crippen MR) is 73.5 cm³/mol. The van der Waals surface area contributed by atoms with E-state index in [-0.39, 0.29) is 11.5 Å². The fourth-order valence-corrected chi connectivity index (χ4v) is 2.31. The van der Waals surface area contributed by atoms with Crippen LogP contribution in [0, 0.1) is 19.3 Å². The Morgan fingerprint density at radius 3 is 2.29 bits per heavy atom. The van der Waals surface area contributed by atoms with Crippen molar-refractivity contribution in [3.63, 3.8) is 0 Å². The van der Waals surface area contributed by atoms with Crippen molar-refractivity contribution >= 4 is 0 Å². The van der Waals surface area contributed by atoms with Crippen molar-refractivity contribution in [2.75, 3.05) is 7.11 Å². The highest BCUT2D eigenvalue weighted by molar-refractivity contribution is 5.45. The number of ether oxygens (including phenoxy) is 1. The third-order valence-electron chi connectivity index (χ3n) is 2.88. The summed E-state index contributed by atoms with van der Waals surface area (Å²) in [7, 11) is 1.71. The van der Waals surface area contributed by atoms with Crippen LogP contribution < -0.4 is 10.5 Å². The first-order valence-electron chi connectivity index (χ1n) is 6.15. The minimum absolute atomic E-state index is 0.0311. The summed E-state index contributed by atoms with van der Waals surface area (Å²) >= 11 is 0. The quantitative estimate of drug-likeness (QED) is 0.866. The van der Waals surface area contributed by atoms with E-state index in [1.54, 1.807) is 7.11 Å². The molecule has 17 heavy (non-hydrogen) atoms. The van der Waals surface area contributed by atoms with Gasteiger partial charge in [0.2, 0.25) is 0 Å². The highest BCUT2D eigenvalue weighted by atomic mass is 16.5. The molecule has 0 saturated carbocycles. The second-order valence-corrected chi connectivity index (χ2v) is 6.08. The van der Waals surface area contributed by atoms with E-state index >= 15 is 0 Å². The summed E-state index contributed by atoms with van der Waals surface area (Å²) in [6.45, 7) is 10.8. The zero-order valence-electron chi connectivity index (χ0n) is 11.9. The van der Waals surface area contributed by atoms with E-state index in [2.05, 4.69) is 46.8 Å². The van der Waals surface area contributed by atoms with E-state index in [9.17, 15) is 0 Å². The maximum atomic E-state index is 6.32. The molecule has 1 aromatic carbocycles. The lowest BCUT2D eigenvalue weighted by Gasteiger charge is -2.25. The maximum Gasteiger partial charge on any atom is 0.126 e. The average Bonchev–Trinajstić information content (AvgIpc) is 2.13. The molecule has 0 fully saturated rings. The van der Waals surface area contributed by atoms with Crippen LogP contribution in [0.4, 0.5) is 0 Å². The molecule has 2 heteroatoms. The van der Waals surface area contributed by atoms with Crippen LogP contribution in [0.2, 0.25) is 0 Å². The fourth-order valence-electron chi connectivity index (χ4n) is 2.31. The van der Waals surface area contributed by atoms with Gasteiger partial charge in [-0.1, -0.05) is 38.5 Å². The van der Waals surface area contributed by atoms with E-state index in [0.717, 1.165) is 23.3 Å². The topological polar surface area (TPSA) is 35.2 Å². The second-order valence-electron chi connectivity index (χ2n) is 6.08. The van der Waals surface area contributed by atoms with Crippen molar-refractivity contribution in [3.8, 4) is 5.75 Å². The number of aryl methyl sites for hydroxylation is 2. The van der Waals surface area contributed by atoms with E-state index in [4.69, 9.17) is 10.5 Å². The van der Waals surface area contributed by atoms with Crippen molar-refractivity contribution in [1.82, 2.24) is 0 Å². The monoisotopic (exact) mass is 235 g/mol. The Morgan fingerprint density at radius 2 is 1.82 bits per heavy atom. The largest absolute Gasteiger partial charge is 0.496 e. The summed E-state index contributed by atoms with van der Waals surface area (Å²) in [6, 6.07) is 4.30. The molecule has 1 unspecified atom stereocenters. The maximum absolute atomic E-state index is 6.32. The van der Waals surface area contributed by atoms with Crippen LogP contribution in [-0.2, 0) is 0 Å². The molecule has 0 spiro atoms. The Hall–Kier alpha value is -1.02. The first-order valence-corrected chi connectivity index (χ1v) is 6.15. The predicted octanol–water partition coefficient (Wildman–Crippen LogP) is 3.75. The molecule has 0 radical (unpaired) electrons. The molecule has 0 aliphatic heterocycles. The van der Waals surface area contributed by atoms with E-state index in [1.807, 2.05) is 0 Å². The Bertz CT molecular complexity index is 391. The molecule has 0 bridgehead atoms. The van der Waals surface area contributed by atoms with Crippen LogP contribution in [0.1, 0.15) is 49.9 Å². The summed E-state index contributed by atoms with van der Waals surface area (Å²) in [4.78, 5) is 0. The molecule has 0 amide bonds. The molecule has 2 N–H and O–H groups in total. The van der Waals surface area contributed by atoms with Gasteiger partial charge in [-0.25, -0.2) is 0 Å². The Labute approximate surface area is 105 Å². The molecule has 0 aromatic heterocycles. The molecule has 0 aliphatic rings. The first-order chi connectivity index (χ1) is 7.74. The minimum Gasteiger partial charge on any atom is -0.496 e. The molecule has 1 aromatic rings. The van der Waals surface area contributed by atoms with Crippen molar-refractivity contribution < 1.29 is 4.74 Å². The van der Waals surface area contributed by atoms with Gasteiger partial charge in [-0.2, -0.15) is 0 Å². The Morgan fingerprint density at radius 1 is 1.24 bits per heavy atom. The molecule has 0 saturated heterocycles. The van der Waals surface area contributed by atoms with Gasteiger partial charge in [-0.15, -0.1) is 0 Å². The van der Waals surface area contributed by atoms with Gasteiger partial charge in [-0.05, 0) is 31.2 Å². The zero-order chi connectivity index (χ0) is 13.2. The van der Waals surface area contributed by atoms with Gasteiger partial charge in [0, 0.05) is 11.6 Å². The summed E-state index contributed by atoms with van der Waals surface area (Å²) in [5.74, 6) is 0.937. The summed E-state index contributed by atoms with van der Waals surface area (Å²) in [5, 5.41) is 0. The number of rotatable bonds is 3. The molecule has 2 nitrogen and oxygen atoms in total. The lowest BCUT2D eigenvalue weighted by molar-refractivity contribution is 0.334. The lowest BCUT2D eigenvalue weighted by Crippen LogP contribution is -2.19. The molecular weight excluding hydrogens is 210 g/mol. The second kappa shape index (κ2) is 5.09. The normalized spacial score (nSPS) is 13.6. The molecule has 0 aliphatic carbocycles. The molecular formula is C15H25NO. The number of nitrogens with two attached hydrogens (primary N) is 1. The van der Waals surface area contributed by atoms with Gasteiger partial charge in [0.05, 0.1) is 7.11 Å². The van der Waals surface area contributed by atoms with Crippen molar-refractivity contribution in [1.29, 1.82) is 0 Å². The van der Waals surface area contributed by atoms with Gasteiger partial charge in [0.25, 0.3) is 0 Å². The van der Waals surface area contributed by atoms with Crippen LogP contribution in [0.25, 0.3) is 0 Å². The van der Waals surface area contributed by atoms with E-state index < -0.39 is 0 Å². The molecule has 1 rings (SSSR count). The van der Waals surface area contributed by atoms with Crippen molar-refractivity contribution in [3.05, 3.63) is 28.8 Å². The average molecular weight is 235 g/mol. The van der Waals surface area contributed by atoms with Crippen molar-refractivity contribution in [2.24, 2.45) is 11.1 Å². The SMILES string of the molecule is COc1c(C)cc(C)cc1C(N)CC(C)(C)C. The summed E-state index contributed by atoms with van der Waals surface area (Å²) < 4.78 is 5.49. The van der Waals surface area contributed by atoms with E-state index in [1.165, 1.54) is 5.56 Å². The lowest BCUT2D eigenvalue weighted by atomic mass is 9.85. The highest BCUT2D eigenvalue weighted by Gasteiger charge is 2.20. The van der Waals surface area contributed by atoms with E-state index in [0.29, 0.717) is 0 Å². The third-order valence-corrected chi connectivity index (χ3v) is 2.88. The van der Waals surface area contributed by atoms with Gasteiger partial charge in [0.1, 0.15) is 5.75 Å². The van der Waals surface area contributed by atoms with Crippen LogP contribution >= 0.6 is 0 Å².